The molecule has 7 heteroatoms. The van der Waals surface area contributed by atoms with Crippen LogP contribution in [-0.2, 0) is 13.1 Å². The van der Waals surface area contributed by atoms with Crippen molar-refractivity contribution < 1.29 is 4.79 Å². The van der Waals surface area contributed by atoms with Gasteiger partial charge in [0, 0.05) is 18.5 Å². The summed E-state index contributed by atoms with van der Waals surface area (Å²) in [6.07, 6.45) is 1.35. The molecule has 0 spiro atoms. The van der Waals surface area contributed by atoms with Crippen molar-refractivity contribution in [3.8, 4) is 0 Å². The summed E-state index contributed by atoms with van der Waals surface area (Å²) in [5.74, 6) is -0.262. The summed E-state index contributed by atoms with van der Waals surface area (Å²) in [5, 5.41) is 4.91. The van der Waals surface area contributed by atoms with Crippen molar-refractivity contribution in [2.45, 2.75) is 26.9 Å². The average molecular weight is 370 g/mol. The first-order valence-electron chi connectivity index (χ1n) is 8.65. The molecule has 0 atom stereocenters. The van der Waals surface area contributed by atoms with Gasteiger partial charge in [0.2, 0.25) is 0 Å². The highest BCUT2D eigenvalue weighted by Crippen LogP contribution is 2.20. The van der Waals surface area contributed by atoms with Crippen LogP contribution in [0, 0.1) is 0 Å². The molecule has 0 unspecified atom stereocenters. The molecule has 0 saturated carbocycles. The molecule has 0 aliphatic rings. The molecular weight excluding hydrogens is 348 g/mol. The number of carbonyl (C=O) groups is 1. The van der Waals surface area contributed by atoms with Crippen LogP contribution < -0.4 is 10.9 Å². The summed E-state index contributed by atoms with van der Waals surface area (Å²) in [6, 6.07) is 8.24. The van der Waals surface area contributed by atoms with Crippen LogP contribution in [-0.4, -0.2) is 33.9 Å². The number of rotatable bonds is 7. The largest absolute Gasteiger partial charge is 0.348 e. The first-order valence-corrected chi connectivity index (χ1v) is 9.53. The zero-order chi connectivity index (χ0) is 18.5. The second kappa shape index (κ2) is 8.25. The Kier molecular flexibility index (Phi) is 5.80. The second-order valence-electron chi connectivity index (χ2n) is 6.02. The van der Waals surface area contributed by atoms with E-state index in [1.54, 1.807) is 5.38 Å². The van der Waals surface area contributed by atoms with Crippen molar-refractivity contribution in [2.75, 3.05) is 13.1 Å². The van der Waals surface area contributed by atoms with Gasteiger partial charge in [0.1, 0.15) is 4.83 Å². The maximum Gasteiger partial charge on any atom is 0.260 e. The second-order valence-corrected chi connectivity index (χ2v) is 6.88. The van der Waals surface area contributed by atoms with Gasteiger partial charge in [-0.2, -0.15) is 0 Å². The molecule has 1 amide bonds. The Morgan fingerprint density at radius 3 is 2.58 bits per heavy atom. The standard InChI is InChI=1S/C19H22N4O2S/c1-3-23(4-2)10-14-7-5-13(6-8-14)9-20-17(24)15-11-26-19-16(15)18(25)21-12-22-19/h5-8,11-12H,3-4,9-10H2,1-2H3,(H,20,24)(H,21,22,25). The fourth-order valence-corrected chi connectivity index (χ4v) is 3.68. The predicted octanol–water partition coefficient (Wildman–Crippen LogP) is 2.76. The lowest BCUT2D eigenvalue weighted by Gasteiger charge is -2.18. The minimum atomic E-state index is -0.290. The SMILES string of the molecule is CCN(CC)Cc1ccc(CNC(=O)c2csc3nc[nH]c(=O)c23)cc1. The topological polar surface area (TPSA) is 78.1 Å². The van der Waals surface area contributed by atoms with E-state index in [1.807, 2.05) is 12.1 Å². The Bertz CT molecular complexity index is 942. The number of nitrogens with one attached hydrogen (secondary N) is 2. The van der Waals surface area contributed by atoms with Crippen molar-refractivity contribution in [3.05, 3.63) is 63.0 Å². The fraction of sp³-hybridized carbons (Fsp3) is 0.316. The normalized spacial score (nSPS) is 11.2. The summed E-state index contributed by atoms with van der Waals surface area (Å²) in [6.45, 7) is 7.70. The number of hydrogen-bond donors (Lipinski definition) is 2. The lowest BCUT2D eigenvalue weighted by molar-refractivity contribution is 0.0953. The number of aromatic amines is 1. The molecular formula is C19H22N4O2S. The Hall–Kier alpha value is -2.51. The first-order chi connectivity index (χ1) is 12.6. The van der Waals surface area contributed by atoms with Crippen molar-refractivity contribution in [1.29, 1.82) is 0 Å². The van der Waals surface area contributed by atoms with E-state index in [4.69, 9.17) is 0 Å². The Labute approximate surface area is 155 Å². The maximum atomic E-state index is 12.4. The van der Waals surface area contributed by atoms with Crippen LogP contribution in [0.1, 0.15) is 35.3 Å². The third-order valence-corrected chi connectivity index (χ3v) is 5.28. The number of benzene rings is 1. The van der Waals surface area contributed by atoms with E-state index in [9.17, 15) is 9.59 Å². The number of nitrogens with zero attached hydrogens (tertiary/aromatic N) is 2. The molecule has 0 aliphatic carbocycles. The Morgan fingerprint density at radius 1 is 1.19 bits per heavy atom. The van der Waals surface area contributed by atoms with E-state index in [0.717, 1.165) is 25.2 Å². The van der Waals surface area contributed by atoms with E-state index in [1.165, 1.54) is 23.2 Å². The lowest BCUT2D eigenvalue weighted by Crippen LogP contribution is -2.24. The number of hydrogen-bond acceptors (Lipinski definition) is 5. The molecule has 2 N–H and O–H groups in total. The van der Waals surface area contributed by atoms with Crippen LogP contribution in [0.3, 0.4) is 0 Å². The van der Waals surface area contributed by atoms with Crippen molar-refractivity contribution in [3.63, 3.8) is 0 Å². The molecule has 0 radical (unpaired) electrons. The van der Waals surface area contributed by atoms with Gasteiger partial charge >= 0.3 is 0 Å². The number of H-pyrrole nitrogens is 1. The highest BCUT2D eigenvalue weighted by atomic mass is 32.1. The molecule has 6 nitrogen and oxygen atoms in total. The van der Waals surface area contributed by atoms with Crippen molar-refractivity contribution in [2.24, 2.45) is 0 Å². The number of fused-ring (bicyclic) bond motifs is 1. The summed E-state index contributed by atoms with van der Waals surface area (Å²) >= 11 is 1.29. The van der Waals surface area contributed by atoms with E-state index in [2.05, 4.69) is 46.2 Å². The van der Waals surface area contributed by atoms with E-state index in [0.29, 0.717) is 22.3 Å². The monoisotopic (exact) mass is 370 g/mol. The van der Waals surface area contributed by atoms with Crippen LogP contribution in [0.5, 0.6) is 0 Å². The summed E-state index contributed by atoms with van der Waals surface area (Å²) in [4.78, 5) is 33.9. The molecule has 0 saturated heterocycles. The molecule has 2 heterocycles. The Balaban J connectivity index is 1.65. The smallest absolute Gasteiger partial charge is 0.260 e. The third kappa shape index (κ3) is 4.00. The average Bonchev–Trinajstić information content (AvgIpc) is 3.11. The fourth-order valence-electron chi connectivity index (χ4n) is 2.80. The highest BCUT2D eigenvalue weighted by Gasteiger charge is 2.15. The maximum absolute atomic E-state index is 12.4. The van der Waals surface area contributed by atoms with Crippen LogP contribution in [0.15, 0.2) is 40.8 Å². The quantitative estimate of drug-likeness (QED) is 0.670. The van der Waals surface area contributed by atoms with Crippen molar-refractivity contribution >= 4 is 27.5 Å². The molecule has 2 aromatic heterocycles. The number of carbonyl (C=O) groups excluding carboxylic acids is 1. The molecule has 0 aliphatic heterocycles. The lowest BCUT2D eigenvalue weighted by atomic mass is 10.1. The van der Waals surface area contributed by atoms with E-state index in [-0.39, 0.29) is 11.5 Å². The van der Waals surface area contributed by atoms with E-state index < -0.39 is 0 Å². The molecule has 26 heavy (non-hydrogen) atoms. The van der Waals surface area contributed by atoms with E-state index >= 15 is 0 Å². The number of thiophene rings is 1. The minimum Gasteiger partial charge on any atom is -0.348 e. The van der Waals surface area contributed by atoms with Gasteiger partial charge in [-0.1, -0.05) is 38.1 Å². The minimum absolute atomic E-state index is 0.262. The van der Waals surface area contributed by atoms with Gasteiger partial charge < -0.3 is 10.3 Å². The van der Waals surface area contributed by atoms with Crippen LogP contribution in [0.2, 0.25) is 0 Å². The van der Waals surface area contributed by atoms with Gasteiger partial charge in [0.15, 0.2) is 0 Å². The van der Waals surface area contributed by atoms with Crippen LogP contribution >= 0.6 is 11.3 Å². The Morgan fingerprint density at radius 2 is 1.88 bits per heavy atom. The summed E-state index contributed by atoms with van der Waals surface area (Å²) < 4.78 is 0. The molecule has 3 rings (SSSR count). The van der Waals surface area contributed by atoms with Crippen LogP contribution in [0.25, 0.3) is 10.2 Å². The molecule has 1 aromatic carbocycles. The van der Waals surface area contributed by atoms with Crippen LogP contribution in [0.4, 0.5) is 0 Å². The highest BCUT2D eigenvalue weighted by molar-refractivity contribution is 7.17. The number of amides is 1. The predicted molar refractivity (Wildman–Crippen MR) is 104 cm³/mol. The third-order valence-electron chi connectivity index (χ3n) is 4.40. The van der Waals surface area contributed by atoms with Gasteiger partial charge in [-0.05, 0) is 24.2 Å². The van der Waals surface area contributed by atoms with Gasteiger partial charge in [0.25, 0.3) is 11.5 Å². The van der Waals surface area contributed by atoms with Crippen molar-refractivity contribution in [1.82, 2.24) is 20.2 Å². The summed E-state index contributed by atoms with van der Waals surface area (Å²) in [7, 11) is 0. The zero-order valence-electron chi connectivity index (χ0n) is 14.9. The molecule has 3 aromatic rings. The first kappa shape index (κ1) is 18.3. The molecule has 136 valence electrons. The van der Waals surface area contributed by atoms with Gasteiger partial charge in [0.05, 0.1) is 17.3 Å². The molecule has 0 fully saturated rings. The summed E-state index contributed by atoms with van der Waals surface area (Å²) in [5.41, 5.74) is 2.36. The molecule has 0 bridgehead atoms. The van der Waals surface area contributed by atoms with Gasteiger partial charge in [-0.3, -0.25) is 14.5 Å². The number of aromatic nitrogens is 2. The van der Waals surface area contributed by atoms with Gasteiger partial charge in [-0.15, -0.1) is 11.3 Å². The zero-order valence-corrected chi connectivity index (χ0v) is 15.7. The van der Waals surface area contributed by atoms with Gasteiger partial charge in [-0.25, -0.2) is 4.98 Å².